The van der Waals surface area contributed by atoms with Gasteiger partial charge in [0.1, 0.15) is 6.54 Å². The fourth-order valence-electron chi connectivity index (χ4n) is 3.83. The highest BCUT2D eigenvalue weighted by Gasteiger charge is 2.24. The number of hydrogen-bond acceptors (Lipinski definition) is 3. The van der Waals surface area contributed by atoms with Crippen LogP contribution in [0, 0.1) is 0 Å². The summed E-state index contributed by atoms with van der Waals surface area (Å²) in [5.41, 5.74) is 0. The number of aliphatic carboxylic acids is 1. The van der Waals surface area contributed by atoms with Crippen molar-refractivity contribution in [2.24, 2.45) is 0 Å². The first-order chi connectivity index (χ1) is 14.2. The molecule has 0 spiro atoms. The van der Waals surface area contributed by atoms with Crippen LogP contribution in [0.2, 0.25) is 0 Å². The number of esters is 1. The Bertz CT molecular complexity index is 438. The fraction of sp³-hybridized carbons (Fsp3) is 0.920. The minimum absolute atomic E-state index is 0. The number of rotatable bonds is 21. The summed E-state index contributed by atoms with van der Waals surface area (Å²) >= 11 is 0. The summed E-state index contributed by atoms with van der Waals surface area (Å²) in [4.78, 5) is 23.0. The van der Waals surface area contributed by atoms with E-state index in [2.05, 4.69) is 6.92 Å². The third-order valence-electron chi connectivity index (χ3n) is 5.44. The van der Waals surface area contributed by atoms with Gasteiger partial charge < -0.3 is 26.7 Å². The van der Waals surface area contributed by atoms with E-state index in [1.165, 1.54) is 83.5 Å². The topological polar surface area (TPSA) is 63.6 Å². The van der Waals surface area contributed by atoms with Crippen molar-refractivity contribution in [3.63, 3.8) is 0 Å². The molecule has 0 fully saturated rings. The number of likely N-dealkylation sites (N-methyl/N-ethyl adjacent to an activating group) is 1. The number of halogens is 1. The van der Waals surface area contributed by atoms with Crippen molar-refractivity contribution in [3.05, 3.63) is 0 Å². The molecule has 186 valence electrons. The van der Waals surface area contributed by atoms with Gasteiger partial charge in [0.25, 0.3) is 0 Å². The Hall–Kier alpha value is -0.810. The number of carboxylic acids is 1. The van der Waals surface area contributed by atoms with Gasteiger partial charge >= 0.3 is 11.9 Å². The van der Waals surface area contributed by atoms with Crippen molar-refractivity contribution in [2.75, 3.05) is 27.7 Å². The highest BCUT2D eigenvalue weighted by Crippen LogP contribution is 2.14. The van der Waals surface area contributed by atoms with Crippen LogP contribution in [0.25, 0.3) is 0 Å². The molecule has 5 nitrogen and oxygen atoms in total. The minimum Gasteiger partial charge on any atom is -1.00 e. The summed E-state index contributed by atoms with van der Waals surface area (Å²) < 4.78 is 5.99. The molecule has 0 rings (SSSR count). The monoisotopic (exact) mass is 466 g/mol. The van der Waals surface area contributed by atoms with Crippen LogP contribution in [0.4, 0.5) is 0 Å². The average molecular weight is 467 g/mol. The van der Waals surface area contributed by atoms with Crippen molar-refractivity contribution < 1.29 is 36.3 Å². The Morgan fingerprint density at radius 2 is 1.13 bits per heavy atom. The highest BCUT2D eigenvalue weighted by molar-refractivity contribution is 5.71. The standard InChI is InChI=1S/C25H49NO4.ClH/c1-5-6-7-8-9-10-11-12-13-14-15-16-17-18-19-20-25(29)30-23(21-24(27)28)22-26(2,3)4;/h23H,5-22H2,1-4H3;1H/t23-;/m1./s1/i2+1,3+1,4+1;. The van der Waals surface area contributed by atoms with Gasteiger partial charge in [-0.1, -0.05) is 96.8 Å². The molecular weight excluding hydrogens is 417 g/mol. The molecule has 6 heteroatoms. The highest BCUT2D eigenvalue weighted by atomic mass is 35.5. The maximum absolute atomic E-state index is 12.0. The maximum Gasteiger partial charge on any atom is 0.307 e. The van der Waals surface area contributed by atoms with Crippen LogP contribution >= 0.6 is 0 Å². The second-order valence-corrected chi connectivity index (χ2v) is 9.88. The van der Waals surface area contributed by atoms with Crippen LogP contribution in [-0.2, 0) is 14.3 Å². The van der Waals surface area contributed by atoms with Gasteiger partial charge in [0.15, 0.2) is 6.10 Å². The first kappa shape index (κ1) is 32.4. The Morgan fingerprint density at radius 1 is 0.742 bits per heavy atom. The lowest BCUT2D eigenvalue weighted by Crippen LogP contribution is -3.00. The predicted molar refractivity (Wildman–Crippen MR) is 125 cm³/mol. The van der Waals surface area contributed by atoms with E-state index in [9.17, 15) is 9.59 Å². The maximum atomic E-state index is 12.0. The van der Waals surface area contributed by atoms with Crippen LogP contribution in [0.5, 0.6) is 0 Å². The predicted octanol–water partition coefficient (Wildman–Crippen LogP) is 3.34. The van der Waals surface area contributed by atoms with Gasteiger partial charge in [-0.15, -0.1) is 0 Å². The third kappa shape index (κ3) is 25.3. The van der Waals surface area contributed by atoms with E-state index in [4.69, 9.17) is 9.84 Å². The summed E-state index contributed by atoms with van der Waals surface area (Å²) in [7, 11) is 5.91. The van der Waals surface area contributed by atoms with Gasteiger partial charge in [-0.3, -0.25) is 9.59 Å². The van der Waals surface area contributed by atoms with E-state index >= 15 is 0 Å². The summed E-state index contributed by atoms with van der Waals surface area (Å²) in [5, 5.41) is 9.01. The number of carboxylic acid groups (broad SMARTS) is 1. The first-order valence-corrected chi connectivity index (χ1v) is 12.5. The van der Waals surface area contributed by atoms with Crippen LogP contribution in [0.15, 0.2) is 0 Å². The number of ether oxygens (including phenoxy) is 1. The molecule has 0 aromatic carbocycles. The molecule has 0 aliphatic rings. The Morgan fingerprint density at radius 3 is 1.48 bits per heavy atom. The van der Waals surface area contributed by atoms with E-state index < -0.39 is 12.1 Å². The molecule has 0 amide bonds. The molecule has 0 aliphatic heterocycles. The van der Waals surface area contributed by atoms with Gasteiger partial charge in [0.2, 0.25) is 0 Å². The molecule has 1 N–H and O–H groups in total. The molecule has 1 atom stereocenters. The summed E-state index contributed by atoms with van der Waals surface area (Å²) in [6, 6.07) is 0. The van der Waals surface area contributed by atoms with Crippen molar-refractivity contribution in [1.29, 1.82) is 0 Å². The Balaban J connectivity index is 0. The van der Waals surface area contributed by atoms with E-state index in [0.29, 0.717) is 17.4 Å². The number of carbonyl (C=O) groups excluding carboxylic acids is 1. The second kappa shape index (κ2) is 21.1. The van der Waals surface area contributed by atoms with Crippen LogP contribution in [-0.4, -0.2) is 55.3 Å². The van der Waals surface area contributed by atoms with Crippen LogP contribution < -0.4 is 12.4 Å². The Labute approximate surface area is 198 Å². The number of nitrogens with zero attached hydrogens (tertiary/aromatic N) is 1. The molecular formula is C25H50ClNO4. The fourth-order valence-corrected chi connectivity index (χ4v) is 3.83. The molecule has 0 aromatic heterocycles. The molecule has 0 bridgehead atoms. The largest absolute Gasteiger partial charge is 1.00 e. The van der Waals surface area contributed by atoms with Gasteiger partial charge in [-0.2, -0.15) is 0 Å². The number of carbonyl (C=O) groups is 2. The molecule has 0 heterocycles. The van der Waals surface area contributed by atoms with E-state index in [1.54, 1.807) is 0 Å². The smallest absolute Gasteiger partial charge is 0.307 e. The van der Waals surface area contributed by atoms with E-state index in [0.717, 1.165) is 12.8 Å². The zero-order valence-electron chi connectivity index (χ0n) is 20.8. The third-order valence-corrected chi connectivity index (χ3v) is 5.44. The lowest BCUT2D eigenvalue weighted by atomic mass is 10.0. The van der Waals surface area contributed by atoms with Gasteiger partial charge in [-0.25, -0.2) is 0 Å². The van der Waals surface area contributed by atoms with Gasteiger partial charge in [0, 0.05) is 6.42 Å². The zero-order valence-corrected chi connectivity index (χ0v) is 21.6. The van der Waals surface area contributed by atoms with Gasteiger partial charge in [-0.05, 0) is 6.42 Å². The molecule has 31 heavy (non-hydrogen) atoms. The summed E-state index contributed by atoms with van der Waals surface area (Å²) in [5.74, 6) is -1.18. The van der Waals surface area contributed by atoms with Crippen molar-refractivity contribution >= 4 is 11.9 Å². The quantitative estimate of drug-likeness (QED) is 0.122. The lowest BCUT2D eigenvalue weighted by Gasteiger charge is -2.28. The van der Waals surface area contributed by atoms with Crippen LogP contribution in [0.3, 0.4) is 0 Å². The minimum atomic E-state index is -0.923. The summed E-state index contributed by atoms with van der Waals surface area (Å²) in [6.07, 6.45) is 19.1. The van der Waals surface area contributed by atoms with E-state index in [1.807, 2.05) is 21.1 Å². The molecule has 0 aromatic rings. The number of hydrogen-bond donors (Lipinski definition) is 1. The van der Waals surface area contributed by atoms with Crippen LogP contribution in [0.1, 0.15) is 116 Å². The van der Waals surface area contributed by atoms with Crippen molar-refractivity contribution in [1.82, 2.24) is 0 Å². The normalized spacial score (nSPS) is 12.3. The van der Waals surface area contributed by atoms with Gasteiger partial charge in [0.05, 0.1) is 27.6 Å². The number of quaternary nitrogens is 1. The first-order valence-electron chi connectivity index (χ1n) is 12.5. The molecule has 0 radical (unpaired) electrons. The van der Waals surface area contributed by atoms with E-state index in [-0.39, 0.29) is 24.8 Å². The SMILES string of the molecule is CCCCCCCCCCCCCCCCCC(=O)O[C@H](CC(=O)O)C[N+]([13CH3])([13CH3])[13CH3].[Cl-]. The van der Waals surface area contributed by atoms with Crippen molar-refractivity contribution in [2.45, 2.75) is 122 Å². The zero-order chi connectivity index (χ0) is 22.7. The Kier molecular flexibility index (Phi) is 22.0. The average Bonchev–Trinajstić information content (AvgIpc) is 2.63. The molecule has 0 saturated heterocycles. The lowest BCUT2D eigenvalue weighted by molar-refractivity contribution is -0.873. The molecule has 0 aliphatic carbocycles. The van der Waals surface area contributed by atoms with Crippen molar-refractivity contribution in [3.8, 4) is 0 Å². The molecule has 0 saturated carbocycles. The second-order valence-electron chi connectivity index (χ2n) is 9.88. The number of unbranched alkanes of at least 4 members (excludes halogenated alkanes) is 14. The molecule has 0 unspecified atom stereocenters. The summed E-state index contributed by atoms with van der Waals surface area (Å²) in [6.45, 7) is 2.78.